The number of pyridine rings is 1. The summed E-state index contributed by atoms with van der Waals surface area (Å²) >= 11 is 5.92. The van der Waals surface area contributed by atoms with Crippen LogP contribution in [0.2, 0.25) is 5.02 Å². The topological polar surface area (TPSA) is 62.0 Å². The van der Waals surface area contributed by atoms with Crippen molar-refractivity contribution in [2.24, 2.45) is 0 Å². The first-order valence-electron chi connectivity index (χ1n) is 6.28. The van der Waals surface area contributed by atoms with Gasteiger partial charge in [-0.1, -0.05) is 23.7 Å². The summed E-state index contributed by atoms with van der Waals surface area (Å²) in [7, 11) is 0. The molecule has 104 valence electrons. The summed E-state index contributed by atoms with van der Waals surface area (Å²) in [6.07, 6.45) is 2.13. The lowest BCUT2D eigenvalue weighted by molar-refractivity contribution is 0.0940. The smallest absolute Gasteiger partial charge is 0.251 e. The van der Waals surface area contributed by atoms with E-state index in [4.69, 9.17) is 11.6 Å². The van der Waals surface area contributed by atoms with Crippen LogP contribution in [0.5, 0.6) is 0 Å². The van der Waals surface area contributed by atoms with Gasteiger partial charge in [-0.05, 0) is 37.1 Å². The number of benzene rings is 1. The Hall–Kier alpha value is -2.07. The van der Waals surface area contributed by atoms with Crippen molar-refractivity contribution in [3.8, 4) is 0 Å². The van der Waals surface area contributed by atoms with Crippen molar-refractivity contribution in [2.75, 3.05) is 0 Å². The summed E-state index contributed by atoms with van der Waals surface area (Å²) in [5.74, 6) is -0.259. The van der Waals surface area contributed by atoms with Gasteiger partial charge in [-0.2, -0.15) is 0 Å². The molecule has 5 heteroatoms. The standard InChI is InChI=1S/C15H15ClN2O2/c1-10(7-11-3-2-4-13(16)8-11)18-15(20)12-5-6-17-14(19)9-12/h2-6,8-10H,7H2,1H3,(H,17,19)(H,18,20). The quantitative estimate of drug-likeness (QED) is 0.908. The number of carbonyl (C=O) groups excluding carboxylic acids is 1. The normalized spacial score (nSPS) is 11.9. The Labute approximate surface area is 121 Å². The number of hydrogen-bond donors (Lipinski definition) is 2. The zero-order valence-corrected chi connectivity index (χ0v) is 11.8. The molecule has 0 bridgehead atoms. The Kier molecular flexibility index (Phi) is 4.58. The summed E-state index contributed by atoms with van der Waals surface area (Å²) in [5, 5.41) is 3.53. The van der Waals surface area contributed by atoms with Crippen LogP contribution in [0.1, 0.15) is 22.8 Å². The molecule has 0 aliphatic heterocycles. The fraction of sp³-hybridized carbons (Fsp3) is 0.200. The van der Waals surface area contributed by atoms with Crippen molar-refractivity contribution in [3.63, 3.8) is 0 Å². The molecule has 2 N–H and O–H groups in total. The lowest BCUT2D eigenvalue weighted by Crippen LogP contribution is -2.34. The minimum Gasteiger partial charge on any atom is -0.349 e. The Bertz CT molecular complexity index is 667. The van der Waals surface area contributed by atoms with Crippen LogP contribution in [-0.2, 0) is 6.42 Å². The largest absolute Gasteiger partial charge is 0.349 e. The summed E-state index contributed by atoms with van der Waals surface area (Å²) in [4.78, 5) is 25.6. The molecule has 2 rings (SSSR count). The Morgan fingerprint density at radius 2 is 2.15 bits per heavy atom. The second-order valence-electron chi connectivity index (χ2n) is 4.65. The molecule has 0 aliphatic rings. The summed E-state index contributed by atoms with van der Waals surface area (Å²) in [5.41, 5.74) is 1.11. The van der Waals surface area contributed by atoms with Gasteiger partial charge < -0.3 is 10.3 Å². The van der Waals surface area contributed by atoms with Gasteiger partial charge in [-0.15, -0.1) is 0 Å². The average molecular weight is 291 g/mol. The number of amides is 1. The highest BCUT2D eigenvalue weighted by molar-refractivity contribution is 6.30. The van der Waals surface area contributed by atoms with Crippen LogP contribution < -0.4 is 10.9 Å². The minimum absolute atomic E-state index is 0.0553. The predicted octanol–water partition coefficient (Wildman–Crippen LogP) is 2.39. The van der Waals surface area contributed by atoms with Gasteiger partial charge in [0.2, 0.25) is 5.56 Å². The molecule has 0 aliphatic carbocycles. The molecule has 20 heavy (non-hydrogen) atoms. The second kappa shape index (κ2) is 6.39. The molecule has 0 saturated heterocycles. The van der Waals surface area contributed by atoms with Gasteiger partial charge in [0.1, 0.15) is 0 Å². The first-order chi connectivity index (χ1) is 9.54. The molecule has 1 unspecified atom stereocenters. The van der Waals surface area contributed by atoms with Crippen molar-refractivity contribution in [3.05, 3.63) is 69.1 Å². The highest BCUT2D eigenvalue weighted by atomic mass is 35.5. The van der Waals surface area contributed by atoms with Gasteiger partial charge in [0.15, 0.2) is 0 Å². The van der Waals surface area contributed by atoms with Gasteiger partial charge in [0, 0.05) is 28.9 Å². The molecule has 1 aromatic heterocycles. The maximum Gasteiger partial charge on any atom is 0.251 e. The molecule has 0 saturated carbocycles. The van der Waals surface area contributed by atoms with Crippen molar-refractivity contribution in [1.29, 1.82) is 0 Å². The second-order valence-corrected chi connectivity index (χ2v) is 5.09. The number of hydrogen-bond acceptors (Lipinski definition) is 2. The SMILES string of the molecule is CC(Cc1cccc(Cl)c1)NC(=O)c1cc[nH]c(=O)c1. The first-order valence-corrected chi connectivity index (χ1v) is 6.66. The Morgan fingerprint density at radius 1 is 1.35 bits per heavy atom. The third-order valence-corrected chi connectivity index (χ3v) is 3.08. The van der Waals surface area contributed by atoms with Gasteiger partial charge in [-0.25, -0.2) is 0 Å². The maximum absolute atomic E-state index is 12.0. The summed E-state index contributed by atoms with van der Waals surface area (Å²) in [6.45, 7) is 1.91. The third-order valence-electron chi connectivity index (χ3n) is 2.85. The van der Waals surface area contributed by atoms with E-state index >= 15 is 0 Å². The van der Waals surface area contributed by atoms with Crippen molar-refractivity contribution in [2.45, 2.75) is 19.4 Å². The predicted molar refractivity (Wildman–Crippen MR) is 79.1 cm³/mol. The van der Waals surface area contributed by atoms with Gasteiger partial charge >= 0.3 is 0 Å². The fourth-order valence-corrected chi connectivity index (χ4v) is 2.17. The van der Waals surface area contributed by atoms with Crippen LogP contribution in [0.3, 0.4) is 0 Å². The van der Waals surface area contributed by atoms with E-state index in [-0.39, 0.29) is 17.5 Å². The third kappa shape index (κ3) is 3.96. The molecule has 0 spiro atoms. The van der Waals surface area contributed by atoms with Crippen molar-refractivity contribution < 1.29 is 4.79 Å². The van der Waals surface area contributed by atoms with E-state index in [2.05, 4.69) is 10.3 Å². The van der Waals surface area contributed by atoms with Crippen LogP contribution in [0.4, 0.5) is 0 Å². The van der Waals surface area contributed by atoms with Crippen LogP contribution in [0.15, 0.2) is 47.4 Å². The molecule has 0 fully saturated rings. The Balaban J connectivity index is 1.99. The molecule has 0 radical (unpaired) electrons. The Morgan fingerprint density at radius 3 is 2.85 bits per heavy atom. The van der Waals surface area contributed by atoms with Crippen LogP contribution in [0, 0.1) is 0 Å². The molecular weight excluding hydrogens is 276 g/mol. The van der Waals surface area contributed by atoms with Gasteiger partial charge in [0.05, 0.1) is 0 Å². The number of H-pyrrole nitrogens is 1. The molecule has 1 amide bonds. The maximum atomic E-state index is 12.0. The minimum atomic E-state index is -0.292. The first kappa shape index (κ1) is 14.3. The van der Waals surface area contributed by atoms with E-state index < -0.39 is 0 Å². The zero-order valence-electron chi connectivity index (χ0n) is 11.0. The number of aromatic amines is 1. The molecule has 2 aromatic rings. The number of rotatable bonds is 4. The van der Waals surface area contributed by atoms with E-state index in [0.29, 0.717) is 17.0 Å². The summed E-state index contributed by atoms with van der Waals surface area (Å²) < 4.78 is 0. The fourth-order valence-electron chi connectivity index (χ4n) is 1.96. The van der Waals surface area contributed by atoms with E-state index in [9.17, 15) is 9.59 Å². The highest BCUT2D eigenvalue weighted by Crippen LogP contribution is 2.12. The van der Waals surface area contributed by atoms with Crippen LogP contribution >= 0.6 is 11.6 Å². The lowest BCUT2D eigenvalue weighted by atomic mass is 10.1. The number of aromatic nitrogens is 1. The monoisotopic (exact) mass is 290 g/mol. The highest BCUT2D eigenvalue weighted by Gasteiger charge is 2.10. The van der Waals surface area contributed by atoms with E-state index in [1.807, 2.05) is 31.2 Å². The van der Waals surface area contributed by atoms with E-state index in [1.54, 1.807) is 6.07 Å². The molecule has 1 aromatic carbocycles. The molecule has 1 atom stereocenters. The van der Waals surface area contributed by atoms with Crippen LogP contribution in [0.25, 0.3) is 0 Å². The molecule has 4 nitrogen and oxygen atoms in total. The number of halogens is 1. The van der Waals surface area contributed by atoms with E-state index in [0.717, 1.165) is 5.56 Å². The lowest BCUT2D eigenvalue weighted by Gasteiger charge is -2.14. The van der Waals surface area contributed by atoms with Gasteiger partial charge in [-0.3, -0.25) is 9.59 Å². The van der Waals surface area contributed by atoms with Gasteiger partial charge in [0.25, 0.3) is 5.91 Å². The average Bonchev–Trinajstić information content (AvgIpc) is 2.38. The molecule has 1 heterocycles. The summed E-state index contributed by atoms with van der Waals surface area (Å²) in [6, 6.07) is 10.3. The van der Waals surface area contributed by atoms with Crippen molar-refractivity contribution in [1.82, 2.24) is 10.3 Å². The number of nitrogens with one attached hydrogen (secondary N) is 2. The molecular formula is C15H15ClN2O2. The van der Waals surface area contributed by atoms with Crippen LogP contribution in [-0.4, -0.2) is 16.9 Å². The zero-order chi connectivity index (χ0) is 14.5. The van der Waals surface area contributed by atoms with E-state index in [1.165, 1.54) is 12.3 Å². The van der Waals surface area contributed by atoms with Crippen molar-refractivity contribution >= 4 is 17.5 Å². The number of carbonyl (C=O) groups is 1.